The first-order valence-electron chi connectivity index (χ1n) is 7.71. The minimum absolute atomic E-state index is 0.0107. The highest BCUT2D eigenvalue weighted by Crippen LogP contribution is 2.19. The Morgan fingerprint density at radius 3 is 2.64 bits per heavy atom. The van der Waals surface area contributed by atoms with E-state index in [4.69, 9.17) is 4.74 Å². The van der Waals surface area contributed by atoms with Gasteiger partial charge in [-0.05, 0) is 55.6 Å². The first-order valence-corrected chi connectivity index (χ1v) is 8.93. The molecule has 0 unspecified atom stereocenters. The number of nitrogens with one attached hydrogen (secondary N) is 2. The molecule has 25 heavy (non-hydrogen) atoms. The van der Waals surface area contributed by atoms with Gasteiger partial charge in [0.05, 0.1) is 6.61 Å². The lowest BCUT2D eigenvalue weighted by Crippen LogP contribution is -2.14. The minimum atomic E-state index is -0.472. The Morgan fingerprint density at radius 1 is 1.24 bits per heavy atom. The Kier molecular flexibility index (Phi) is 6.93. The monoisotopic (exact) mass is 353 g/mol. The van der Waals surface area contributed by atoms with Gasteiger partial charge in [0.1, 0.15) is 17.4 Å². The number of nitrogens with zero attached hydrogens (tertiary/aromatic N) is 1. The molecule has 2 aromatic rings. The number of ether oxygens (including phenoxy) is 1. The van der Waals surface area contributed by atoms with Gasteiger partial charge in [-0.3, -0.25) is 4.79 Å². The summed E-state index contributed by atoms with van der Waals surface area (Å²) < 4.78 is 5.35. The SMILES string of the molecule is CCOc1ccc(NC(=O)/C(C#N)=C\Nc2cccc(SC)c2)cc1. The first-order chi connectivity index (χ1) is 12.2. The fourth-order valence-electron chi connectivity index (χ4n) is 2.02. The second-order valence-corrected chi connectivity index (χ2v) is 5.84. The van der Waals surface area contributed by atoms with Gasteiger partial charge in [-0.15, -0.1) is 11.8 Å². The predicted molar refractivity (Wildman–Crippen MR) is 102 cm³/mol. The van der Waals surface area contributed by atoms with Crippen molar-refractivity contribution in [2.75, 3.05) is 23.5 Å². The number of benzene rings is 2. The van der Waals surface area contributed by atoms with E-state index in [1.54, 1.807) is 36.0 Å². The Bertz CT molecular complexity index is 795. The Labute approximate surface area is 151 Å². The number of thioether (sulfide) groups is 1. The van der Waals surface area contributed by atoms with E-state index in [0.29, 0.717) is 12.3 Å². The Balaban J connectivity index is 2.03. The zero-order valence-corrected chi connectivity index (χ0v) is 14.9. The van der Waals surface area contributed by atoms with Crippen molar-refractivity contribution < 1.29 is 9.53 Å². The summed E-state index contributed by atoms with van der Waals surface area (Å²) in [6, 6.07) is 16.6. The van der Waals surface area contributed by atoms with E-state index in [-0.39, 0.29) is 5.57 Å². The molecule has 0 spiro atoms. The maximum atomic E-state index is 12.2. The standard InChI is InChI=1S/C19H19N3O2S/c1-3-24-17-9-7-15(8-10-17)22-19(23)14(12-20)13-21-16-5-4-6-18(11-16)25-2/h4-11,13,21H,3H2,1-2H3,(H,22,23)/b14-13-. The van der Waals surface area contributed by atoms with E-state index in [1.807, 2.05) is 43.5 Å². The van der Waals surface area contributed by atoms with Crippen LogP contribution in [-0.2, 0) is 4.79 Å². The van der Waals surface area contributed by atoms with E-state index in [1.165, 1.54) is 6.20 Å². The Hall–Kier alpha value is -2.91. The normalized spacial score (nSPS) is 10.7. The summed E-state index contributed by atoms with van der Waals surface area (Å²) in [5.74, 6) is 0.257. The van der Waals surface area contributed by atoms with Crippen molar-refractivity contribution in [3.63, 3.8) is 0 Å². The summed E-state index contributed by atoms with van der Waals surface area (Å²) in [4.78, 5) is 13.3. The molecule has 0 aliphatic heterocycles. The molecule has 0 bridgehead atoms. The average molecular weight is 353 g/mol. The molecule has 0 aliphatic rings. The number of carbonyl (C=O) groups is 1. The van der Waals surface area contributed by atoms with Gasteiger partial charge in [-0.1, -0.05) is 6.07 Å². The van der Waals surface area contributed by atoms with Gasteiger partial charge >= 0.3 is 0 Å². The van der Waals surface area contributed by atoms with Crippen LogP contribution in [0, 0.1) is 11.3 Å². The Morgan fingerprint density at radius 2 is 2.00 bits per heavy atom. The molecule has 0 aromatic heterocycles. The van der Waals surface area contributed by atoms with E-state index >= 15 is 0 Å². The second kappa shape index (κ2) is 9.40. The molecule has 0 aliphatic carbocycles. The van der Waals surface area contributed by atoms with Gasteiger partial charge in [0.2, 0.25) is 0 Å². The zero-order chi connectivity index (χ0) is 18.1. The quantitative estimate of drug-likeness (QED) is 0.442. The number of amides is 1. The third-order valence-electron chi connectivity index (χ3n) is 3.24. The molecule has 2 rings (SSSR count). The van der Waals surface area contributed by atoms with E-state index in [0.717, 1.165) is 16.3 Å². The van der Waals surface area contributed by atoms with Crippen molar-refractivity contribution >= 4 is 29.0 Å². The molecule has 1 amide bonds. The number of anilines is 2. The topological polar surface area (TPSA) is 74.1 Å². The largest absolute Gasteiger partial charge is 0.494 e. The summed E-state index contributed by atoms with van der Waals surface area (Å²) in [5, 5.41) is 14.9. The highest BCUT2D eigenvalue weighted by atomic mass is 32.2. The summed E-state index contributed by atoms with van der Waals surface area (Å²) >= 11 is 1.62. The molecular formula is C19H19N3O2S. The summed E-state index contributed by atoms with van der Waals surface area (Å²) in [6.07, 6.45) is 3.39. The molecule has 6 heteroatoms. The lowest BCUT2D eigenvalue weighted by atomic mass is 10.2. The van der Waals surface area contributed by atoms with Gasteiger partial charge in [-0.2, -0.15) is 5.26 Å². The van der Waals surface area contributed by atoms with Crippen LogP contribution in [0.15, 0.2) is 65.2 Å². The maximum Gasteiger partial charge on any atom is 0.267 e. The summed E-state index contributed by atoms with van der Waals surface area (Å²) in [6.45, 7) is 2.48. The highest BCUT2D eigenvalue weighted by Gasteiger charge is 2.09. The summed E-state index contributed by atoms with van der Waals surface area (Å²) in [7, 11) is 0. The number of carbonyl (C=O) groups excluding carboxylic acids is 1. The van der Waals surface area contributed by atoms with E-state index in [2.05, 4.69) is 10.6 Å². The lowest BCUT2D eigenvalue weighted by Gasteiger charge is -2.07. The second-order valence-electron chi connectivity index (χ2n) is 4.96. The van der Waals surface area contributed by atoms with Crippen LogP contribution < -0.4 is 15.4 Å². The fraction of sp³-hybridized carbons (Fsp3) is 0.158. The fourth-order valence-corrected chi connectivity index (χ4v) is 2.48. The van der Waals surface area contributed by atoms with Crippen molar-refractivity contribution in [3.8, 4) is 11.8 Å². The molecule has 0 atom stereocenters. The molecule has 2 N–H and O–H groups in total. The number of hydrogen-bond acceptors (Lipinski definition) is 5. The summed E-state index contributed by atoms with van der Waals surface area (Å²) in [5.41, 5.74) is 1.40. The van der Waals surface area contributed by atoms with Crippen molar-refractivity contribution in [3.05, 3.63) is 60.3 Å². The zero-order valence-electron chi connectivity index (χ0n) is 14.1. The van der Waals surface area contributed by atoms with Crippen LogP contribution in [0.25, 0.3) is 0 Å². The van der Waals surface area contributed by atoms with Crippen LogP contribution in [-0.4, -0.2) is 18.8 Å². The van der Waals surface area contributed by atoms with Crippen LogP contribution in [0.4, 0.5) is 11.4 Å². The van der Waals surface area contributed by atoms with Gasteiger partial charge < -0.3 is 15.4 Å². The van der Waals surface area contributed by atoms with Gasteiger partial charge in [-0.25, -0.2) is 0 Å². The van der Waals surface area contributed by atoms with Crippen molar-refractivity contribution in [1.82, 2.24) is 0 Å². The average Bonchev–Trinajstić information content (AvgIpc) is 2.64. The molecule has 0 fully saturated rings. The van der Waals surface area contributed by atoms with E-state index < -0.39 is 5.91 Å². The molecule has 5 nitrogen and oxygen atoms in total. The first kappa shape index (κ1) is 18.4. The molecule has 0 heterocycles. The van der Waals surface area contributed by atoms with Crippen LogP contribution in [0.5, 0.6) is 5.75 Å². The molecule has 0 saturated heterocycles. The highest BCUT2D eigenvalue weighted by molar-refractivity contribution is 7.98. The van der Waals surface area contributed by atoms with Gasteiger partial charge in [0.25, 0.3) is 5.91 Å². The van der Waals surface area contributed by atoms with Crippen molar-refractivity contribution in [2.24, 2.45) is 0 Å². The number of rotatable bonds is 7. The molecule has 2 aromatic carbocycles. The van der Waals surface area contributed by atoms with Crippen LogP contribution in [0.2, 0.25) is 0 Å². The third-order valence-corrected chi connectivity index (χ3v) is 3.97. The van der Waals surface area contributed by atoms with Crippen LogP contribution in [0.1, 0.15) is 6.92 Å². The molecular weight excluding hydrogens is 334 g/mol. The third kappa shape index (κ3) is 5.59. The lowest BCUT2D eigenvalue weighted by molar-refractivity contribution is -0.112. The van der Waals surface area contributed by atoms with Crippen LogP contribution in [0.3, 0.4) is 0 Å². The smallest absolute Gasteiger partial charge is 0.267 e. The molecule has 0 radical (unpaired) electrons. The number of hydrogen-bond donors (Lipinski definition) is 2. The molecule has 128 valence electrons. The van der Waals surface area contributed by atoms with Gasteiger partial charge in [0, 0.05) is 22.5 Å². The van der Waals surface area contributed by atoms with Crippen molar-refractivity contribution in [2.45, 2.75) is 11.8 Å². The predicted octanol–water partition coefficient (Wildman–Crippen LogP) is 4.27. The van der Waals surface area contributed by atoms with Crippen molar-refractivity contribution in [1.29, 1.82) is 5.26 Å². The minimum Gasteiger partial charge on any atom is -0.494 e. The molecule has 0 saturated carbocycles. The van der Waals surface area contributed by atoms with E-state index in [9.17, 15) is 10.1 Å². The number of nitriles is 1. The van der Waals surface area contributed by atoms with Gasteiger partial charge in [0.15, 0.2) is 0 Å². The maximum absolute atomic E-state index is 12.2. The van der Waals surface area contributed by atoms with Crippen LogP contribution >= 0.6 is 11.8 Å².